The summed E-state index contributed by atoms with van der Waals surface area (Å²) in [5.41, 5.74) is 0. The summed E-state index contributed by atoms with van der Waals surface area (Å²) in [4.78, 5) is 24.9. The second kappa shape index (κ2) is 6.92. The summed E-state index contributed by atoms with van der Waals surface area (Å²) >= 11 is 0. The monoisotopic (exact) mass is 284 g/mol. The molecule has 1 saturated heterocycles. The van der Waals surface area contributed by atoms with Crippen molar-refractivity contribution in [2.75, 3.05) is 26.8 Å². The molecule has 1 aliphatic carbocycles. The van der Waals surface area contributed by atoms with Gasteiger partial charge in [0.15, 0.2) is 0 Å². The van der Waals surface area contributed by atoms with E-state index >= 15 is 0 Å². The van der Waals surface area contributed by atoms with Gasteiger partial charge in [-0.2, -0.15) is 0 Å². The van der Waals surface area contributed by atoms with Gasteiger partial charge in [-0.25, -0.2) is 4.79 Å². The van der Waals surface area contributed by atoms with Crippen LogP contribution in [-0.2, 0) is 9.53 Å². The van der Waals surface area contributed by atoms with Crippen molar-refractivity contribution >= 4 is 12.0 Å². The Morgan fingerprint density at radius 2 is 1.95 bits per heavy atom. The lowest BCUT2D eigenvalue weighted by Gasteiger charge is -2.32. The Bertz CT molecular complexity index is 353. The van der Waals surface area contributed by atoms with E-state index in [2.05, 4.69) is 5.32 Å². The number of amides is 2. The third kappa shape index (κ3) is 3.85. The second-order valence-corrected chi connectivity index (χ2v) is 5.88. The van der Waals surface area contributed by atoms with Crippen molar-refractivity contribution in [2.24, 2.45) is 11.8 Å². The van der Waals surface area contributed by atoms with Gasteiger partial charge < -0.3 is 20.1 Å². The van der Waals surface area contributed by atoms with Crippen LogP contribution in [0.2, 0.25) is 0 Å². The van der Waals surface area contributed by atoms with E-state index in [1.54, 1.807) is 7.11 Å². The number of hydrogen-bond acceptors (Lipinski definition) is 3. The molecule has 0 aromatic rings. The number of carboxylic acids is 1. The van der Waals surface area contributed by atoms with Gasteiger partial charge in [0.2, 0.25) is 0 Å². The van der Waals surface area contributed by atoms with Crippen molar-refractivity contribution in [3.8, 4) is 0 Å². The number of aliphatic carboxylic acids is 1. The third-order valence-electron chi connectivity index (χ3n) is 4.41. The number of hydrogen-bond donors (Lipinski definition) is 2. The summed E-state index contributed by atoms with van der Waals surface area (Å²) in [6.45, 7) is 2.28. The van der Waals surface area contributed by atoms with Gasteiger partial charge in [-0.05, 0) is 38.0 Å². The fourth-order valence-corrected chi connectivity index (χ4v) is 3.14. The number of carboxylic acid groups (broad SMARTS) is 1. The molecule has 2 atom stereocenters. The number of urea groups is 1. The Morgan fingerprint density at radius 1 is 1.25 bits per heavy atom. The van der Waals surface area contributed by atoms with E-state index in [0.29, 0.717) is 18.8 Å². The van der Waals surface area contributed by atoms with E-state index in [1.807, 2.05) is 4.90 Å². The van der Waals surface area contributed by atoms with Crippen LogP contribution in [0.1, 0.15) is 32.1 Å². The quantitative estimate of drug-likeness (QED) is 0.816. The summed E-state index contributed by atoms with van der Waals surface area (Å²) in [5.74, 6) is -0.498. The summed E-state index contributed by atoms with van der Waals surface area (Å²) < 4.78 is 5.14. The number of piperidine rings is 1. The Labute approximate surface area is 119 Å². The Kier molecular flexibility index (Phi) is 5.23. The van der Waals surface area contributed by atoms with Crippen molar-refractivity contribution < 1.29 is 19.4 Å². The van der Waals surface area contributed by atoms with Gasteiger partial charge >= 0.3 is 12.0 Å². The van der Waals surface area contributed by atoms with E-state index in [0.717, 1.165) is 39.0 Å². The molecule has 0 aromatic carbocycles. The normalized spacial score (nSPS) is 27.6. The lowest BCUT2D eigenvalue weighted by atomic mass is 9.98. The first-order chi connectivity index (χ1) is 9.60. The molecule has 0 bridgehead atoms. The van der Waals surface area contributed by atoms with Crippen LogP contribution in [0, 0.1) is 11.8 Å². The van der Waals surface area contributed by atoms with Crippen molar-refractivity contribution in [3.63, 3.8) is 0 Å². The standard InChI is InChI=1S/C14H24N2O4/c1-20-9-10-4-6-16(7-5-10)14(19)15-12-3-2-11(8-12)13(17)18/h10-12H,2-9H2,1H3,(H,15,19)(H,17,18)/t11-,12+/m1/s1. The van der Waals surface area contributed by atoms with Crippen LogP contribution in [0.5, 0.6) is 0 Å². The SMILES string of the molecule is COCC1CCN(C(=O)N[C@H]2CC[C@@H](C(=O)O)C2)CC1. The molecule has 2 fully saturated rings. The molecule has 0 radical (unpaired) electrons. The van der Waals surface area contributed by atoms with Gasteiger partial charge in [-0.15, -0.1) is 0 Å². The predicted octanol–water partition coefficient (Wildman–Crippen LogP) is 1.31. The fourth-order valence-electron chi connectivity index (χ4n) is 3.14. The van der Waals surface area contributed by atoms with E-state index in [9.17, 15) is 9.59 Å². The molecule has 6 nitrogen and oxygen atoms in total. The van der Waals surface area contributed by atoms with Crippen molar-refractivity contribution in [1.82, 2.24) is 10.2 Å². The zero-order valence-corrected chi connectivity index (χ0v) is 12.0. The van der Waals surface area contributed by atoms with Crippen LogP contribution in [0.15, 0.2) is 0 Å². The summed E-state index contributed by atoms with van der Waals surface area (Å²) in [6.07, 6.45) is 3.94. The minimum Gasteiger partial charge on any atom is -0.481 e. The molecule has 0 unspecified atom stereocenters. The van der Waals surface area contributed by atoms with Crippen LogP contribution in [-0.4, -0.2) is 54.9 Å². The molecule has 2 rings (SSSR count). The van der Waals surface area contributed by atoms with Gasteiger partial charge in [-0.1, -0.05) is 0 Å². The molecule has 1 aliphatic heterocycles. The molecule has 2 aliphatic rings. The summed E-state index contributed by atoms with van der Waals surface area (Å²) in [7, 11) is 1.71. The first-order valence-corrected chi connectivity index (χ1v) is 7.37. The average Bonchev–Trinajstić information content (AvgIpc) is 2.88. The Hall–Kier alpha value is -1.30. The number of likely N-dealkylation sites (tertiary alicyclic amines) is 1. The van der Waals surface area contributed by atoms with Gasteiger partial charge in [0, 0.05) is 32.8 Å². The van der Waals surface area contributed by atoms with Crippen LogP contribution in [0.25, 0.3) is 0 Å². The molecular weight excluding hydrogens is 260 g/mol. The topological polar surface area (TPSA) is 78.9 Å². The van der Waals surface area contributed by atoms with Gasteiger partial charge in [0.1, 0.15) is 0 Å². The number of nitrogens with one attached hydrogen (secondary N) is 1. The molecule has 2 amide bonds. The fraction of sp³-hybridized carbons (Fsp3) is 0.857. The van der Waals surface area contributed by atoms with E-state index < -0.39 is 5.97 Å². The lowest BCUT2D eigenvalue weighted by molar-refractivity contribution is -0.141. The maximum atomic E-state index is 12.1. The molecular formula is C14H24N2O4. The van der Waals surface area contributed by atoms with Crippen molar-refractivity contribution in [1.29, 1.82) is 0 Å². The maximum absolute atomic E-state index is 12.1. The van der Waals surface area contributed by atoms with Gasteiger partial charge in [0.05, 0.1) is 5.92 Å². The third-order valence-corrected chi connectivity index (χ3v) is 4.41. The molecule has 114 valence electrons. The molecule has 1 saturated carbocycles. The number of methoxy groups -OCH3 is 1. The van der Waals surface area contributed by atoms with Gasteiger partial charge in [0.25, 0.3) is 0 Å². The number of ether oxygens (including phenoxy) is 1. The average molecular weight is 284 g/mol. The first-order valence-electron chi connectivity index (χ1n) is 7.37. The van der Waals surface area contributed by atoms with E-state index in [1.165, 1.54) is 0 Å². The van der Waals surface area contributed by atoms with Crippen LogP contribution in [0.4, 0.5) is 4.79 Å². The van der Waals surface area contributed by atoms with Crippen LogP contribution in [0.3, 0.4) is 0 Å². The number of carbonyl (C=O) groups is 2. The highest BCUT2D eigenvalue weighted by Gasteiger charge is 2.32. The minimum atomic E-state index is -0.748. The molecule has 0 aromatic heterocycles. The van der Waals surface area contributed by atoms with Gasteiger partial charge in [-0.3, -0.25) is 4.79 Å². The molecule has 2 N–H and O–H groups in total. The smallest absolute Gasteiger partial charge is 0.317 e. The number of rotatable bonds is 4. The molecule has 20 heavy (non-hydrogen) atoms. The first kappa shape index (κ1) is 15.1. The van der Waals surface area contributed by atoms with E-state index in [-0.39, 0.29) is 18.0 Å². The largest absolute Gasteiger partial charge is 0.481 e. The van der Waals surface area contributed by atoms with Crippen molar-refractivity contribution in [2.45, 2.75) is 38.1 Å². The zero-order valence-electron chi connectivity index (χ0n) is 12.0. The molecule has 0 spiro atoms. The summed E-state index contributed by atoms with van der Waals surface area (Å²) in [5, 5.41) is 11.9. The predicted molar refractivity (Wildman–Crippen MR) is 73.5 cm³/mol. The highest BCUT2D eigenvalue weighted by Crippen LogP contribution is 2.26. The Balaban J connectivity index is 1.72. The number of nitrogens with zero attached hydrogens (tertiary/aromatic N) is 1. The highest BCUT2D eigenvalue weighted by atomic mass is 16.5. The molecule has 1 heterocycles. The highest BCUT2D eigenvalue weighted by molar-refractivity contribution is 5.75. The lowest BCUT2D eigenvalue weighted by Crippen LogP contribution is -2.47. The zero-order chi connectivity index (χ0) is 14.5. The van der Waals surface area contributed by atoms with Crippen LogP contribution < -0.4 is 5.32 Å². The van der Waals surface area contributed by atoms with Crippen molar-refractivity contribution in [3.05, 3.63) is 0 Å². The maximum Gasteiger partial charge on any atom is 0.317 e. The Morgan fingerprint density at radius 3 is 2.50 bits per heavy atom. The minimum absolute atomic E-state index is 0.0142. The summed E-state index contributed by atoms with van der Waals surface area (Å²) in [6, 6.07) is -0.0304. The number of carbonyl (C=O) groups excluding carboxylic acids is 1. The second-order valence-electron chi connectivity index (χ2n) is 5.88. The van der Waals surface area contributed by atoms with Crippen LogP contribution >= 0.6 is 0 Å². The molecule has 6 heteroatoms. The van der Waals surface area contributed by atoms with E-state index in [4.69, 9.17) is 9.84 Å².